The molecule has 1 heterocycles. The van der Waals surface area contributed by atoms with E-state index in [2.05, 4.69) is 15.5 Å². The Morgan fingerprint density at radius 1 is 1.17 bits per heavy atom. The second-order valence-electron chi connectivity index (χ2n) is 4.54. The Bertz CT molecular complexity index is 514. The number of benzene rings is 1. The van der Waals surface area contributed by atoms with Crippen LogP contribution < -0.4 is 5.32 Å². The van der Waals surface area contributed by atoms with Crippen LogP contribution in [0.5, 0.6) is 0 Å². The maximum Gasteiger partial charge on any atom is 0.210 e. The van der Waals surface area contributed by atoms with E-state index in [4.69, 9.17) is 0 Å². The van der Waals surface area contributed by atoms with Crippen molar-refractivity contribution in [2.24, 2.45) is 0 Å². The third-order valence-electron chi connectivity index (χ3n) is 3.26. The van der Waals surface area contributed by atoms with Gasteiger partial charge < -0.3 is 10.4 Å². The zero-order valence-corrected chi connectivity index (χ0v) is 10.7. The molecule has 0 radical (unpaired) electrons. The van der Waals surface area contributed by atoms with E-state index in [1.807, 2.05) is 30.3 Å². The summed E-state index contributed by atoms with van der Waals surface area (Å²) >= 11 is 1.54. The number of anilines is 2. The summed E-state index contributed by atoms with van der Waals surface area (Å²) in [5.41, 5.74) is 1.01. The summed E-state index contributed by atoms with van der Waals surface area (Å²) in [4.78, 5) is 0. The largest absolute Gasteiger partial charge is 0.392 e. The van der Waals surface area contributed by atoms with Gasteiger partial charge in [-0.25, -0.2) is 0 Å². The number of rotatable bonds is 3. The number of aliphatic hydroxyl groups excluding tert-OH is 1. The van der Waals surface area contributed by atoms with Crippen LogP contribution in [0.3, 0.4) is 0 Å². The second-order valence-corrected chi connectivity index (χ2v) is 5.55. The van der Waals surface area contributed by atoms with Gasteiger partial charge in [0, 0.05) is 11.6 Å². The molecular formula is C13H15N3OS. The van der Waals surface area contributed by atoms with Gasteiger partial charge in [0.1, 0.15) is 5.01 Å². The predicted molar refractivity (Wildman–Crippen MR) is 72.2 cm³/mol. The van der Waals surface area contributed by atoms with Gasteiger partial charge in [-0.3, -0.25) is 0 Å². The number of hydrogen-bond acceptors (Lipinski definition) is 5. The third kappa shape index (κ3) is 2.37. The van der Waals surface area contributed by atoms with Gasteiger partial charge in [0.05, 0.1) is 6.10 Å². The molecule has 1 fully saturated rings. The summed E-state index contributed by atoms with van der Waals surface area (Å²) in [5, 5.41) is 23.1. The number of aliphatic hydroxyl groups is 1. The molecule has 94 valence electrons. The first kappa shape index (κ1) is 11.6. The molecule has 5 heteroatoms. The highest BCUT2D eigenvalue weighted by Gasteiger charge is 2.29. The average molecular weight is 261 g/mol. The molecular weight excluding hydrogens is 246 g/mol. The van der Waals surface area contributed by atoms with Gasteiger partial charge in [-0.2, -0.15) is 0 Å². The Balaban J connectivity index is 1.74. The van der Waals surface area contributed by atoms with Crippen LogP contribution in [0.2, 0.25) is 0 Å². The van der Waals surface area contributed by atoms with Gasteiger partial charge in [-0.1, -0.05) is 36.0 Å². The zero-order chi connectivity index (χ0) is 12.4. The minimum absolute atomic E-state index is 0.175. The van der Waals surface area contributed by atoms with E-state index in [-0.39, 0.29) is 12.0 Å². The number of aromatic nitrogens is 2. The van der Waals surface area contributed by atoms with Crippen molar-refractivity contribution in [1.29, 1.82) is 0 Å². The summed E-state index contributed by atoms with van der Waals surface area (Å²) in [6, 6.07) is 9.92. The van der Waals surface area contributed by atoms with Crippen molar-refractivity contribution in [3.05, 3.63) is 35.3 Å². The molecule has 0 spiro atoms. The van der Waals surface area contributed by atoms with Crippen LogP contribution >= 0.6 is 11.3 Å². The predicted octanol–water partition coefficient (Wildman–Crippen LogP) is 2.91. The van der Waals surface area contributed by atoms with Crippen molar-refractivity contribution in [1.82, 2.24) is 10.2 Å². The zero-order valence-electron chi connectivity index (χ0n) is 9.91. The molecule has 0 saturated heterocycles. The molecule has 2 aromatic rings. The maximum atomic E-state index is 9.86. The summed E-state index contributed by atoms with van der Waals surface area (Å²) in [7, 11) is 0. The Kier molecular flexibility index (Phi) is 3.25. The van der Waals surface area contributed by atoms with Gasteiger partial charge in [0.2, 0.25) is 5.13 Å². The van der Waals surface area contributed by atoms with Crippen molar-refractivity contribution in [3.8, 4) is 0 Å². The lowest BCUT2D eigenvalue weighted by atomic mass is 10.1. The SMILES string of the molecule is O[C@H]1CCC[C@@H]1c1nnc(Nc2ccccc2)s1. The smallest absolute Gasteiger partial charge is 0.210 e. The molecule has 1 aromatic heterocycles. The molecule has 4 nitrogen and oxygen atoms in total. The summed E-state index contributed by atoms with van der Waals surface area (Å²) in [6.07, 6.45) is 2.72. The Hall–Kier alpha value is -1.46. The summed E-state index contributed by atoms with van der Waals surface area (Å²) in [6.45, 7) is 0. The molecule has 2 N–H and O–H groups in total. The standard InChI is InChI=1S/C13H15N3OS/c17-11-8-4-7-10(11)12-15-16-13(18-12)14-9-5-2-1-3-6-9/h1-3,5-6,10-11,17H,4,7-8H2,(H,14,16)/t10-,11-/m0/s1. The van der Waals surface area contributed by atoms with E-state index in [0.29, 0.717) is 0 Å². The lowest BCUT2D eigenvalue weighted by molar-refractivity contribution is 0.163. The fourth-order valence-corrected chi connectivity index (χ4v) is 3.27. The van der Waals surface area contributed by atoms with E-state index in [0.717, 1.165) is 35.1 Å². The molecule has 1 saturated carbocycles. The second kappa shape index (κ2) is 5.04. The van der Waals surface area contributed by atoms with Crippen molar-refractivity contribution in [2.75, 3.05) is 5.32 Å². The quantitative estimate of drug-likeness (QED) is 0.892. The molecule has 3 rings (SSSR count). The topological polar surface area (TPSA) is 58.0 Å². The first-order valence-electron chi connectivity index (χ1n) is 6.16. The monoisotopic (exact) mass is 261 g/mol. The van der Waals surface area contributed by atoms with Gasteiger partial charge >= 0.3 is 0 Å². The molecule has 0 amide bonds. The van der Waals surface area contributed by atoms with Crippen LogP contribution in [0.4, 0.5) is 10.8 Å². The van der Waals surface area contributed by atoms with Crippen molar-refractivity contribution < 1.29 is 5.11 Å². The Morgan fingerprint density at radius 3 is 2.72 bits per heavy atom. The van der Waals surface area contributed by atoms with Crippen LogP contribution in [-0.4, -0.2) is 21.4 Å². The molecule has 0 aliphatic heterocycles. The molecule has 1 aliphatic carbocycles. The average Bonchev–Trinajstić information content (AvgIpc) is 2.99. The lowest BCUT2D eigenvalue weighted by Crippen LogP contribution is -2.10. The van der Waals surface area contributed by atoms with Crippen LogP contribution in [-0.2, 0) is 0 Å². The molecule has 1 aliphatic rings. The normalized spacial score (nSPS) is 23.2. The van der Waals surface area contributed by atoms with Crippen molar-refractivity contribution in [3.63, 3.8) is 0 Å². The molecule has 0 unspecified atom stereocenters. The number of nitrogens with zero attached hydrogens (tertiary/aromatic N) is 2. The van der Waals surface area contributed by atoms with Crippen molar-refractivity contribution >= 4 is 22.2 Å². The fourth-order valence-electron chi connectivity index (χ4n) is 2.31. The van der Waals surface area contributed by atoms with E-state index >= 15 is 0 Å². The van der Waals surface area contributed by atoms with Crippen LogP contribution in [0.15, 0.2) is 30.3 Å². The van der Waals surface area contributed by atoms with E-state index in [1.54, 1.807) is 0 Å². The van der Waals surface area contributed by atoms with Crippen LogP contribution in [0.1, 0.15) is 30.2 Å². The highest BCUT2D eigenvalue weighted by Crippen LogP contribution is 2.37. The molecule has 2 atom stereocenters. The number of para-hydroxylation sites is 1. The lowest BCUT2D eigenvalue weighted by Gasteiger charge is -2.09. The first-order chi connectivity index (χ1) is 8.83. The van der Waals surface area contributed by atoms with Gasteiger partial charge in [0.15, 0.2) is 0 Å². The van der Waals surface area contributed by atoms with E-state index < -0.39 is 0 Å². The Morgan fingerprint density at radius 2 is 2.00 bits per heavy atom. The molecule has 1 aromatic carbocycles. The van der Waals surface area contributed by atoms with E-state index in [9.17, 15) is 5.11 Å². The minimum Gasteiger partial charge on any atom is -0.392 e. The molecule has 18 heavy (non-hydrogen) atoms. The van der Waals surface area contributed by atoms with Gasteiger partial charge in [-0.15, -0.1) is 10.2 Å². The van der Waals surface area contributed by atoms with Gasteiger partial charge in [0.25, 0.3) is 0 Å². The maximum absolute atomic E-state index is 9.86. The third-order valence-corrected chi connectivity index (χ3v) is 4.23. The highest BCUT2D eigenvalue weighted by molar-refractivity contribution is 7.15. The van der Waals surface area contributed by atoms with Crippen LogP contribution in [0.25, 0.3) is 0 Å². The summed E-state index contributed by atoms with van der Waals surface area (Å²) < 4.78 is 0. The molecule has 0 bridgehead atoms. The fraction of sp³-hybridized carbons (Fsp3) is 0.385. The van der Waals surface area contributed by atoms with Crippen LogP contribution in [0, 0.1) is 0 Å². The summed E-state index contributed by atoms with van der Waals surface area (Å²) in [5.74, 6) is 0.175. The first-order valence-corrected chi connectivity index (χ1v) is 6.98. The van der Waals surface area contributed by atoms with E-state index in [1.165, 1.54) is 11.3 Å². The Labute approximate surface area is 110 Å². The highest BCUT2D eigenvalue weighted by atomic mass is 32.1. The number of hydrogen-bond donors (Lipinski definition) is 2. The van der Waals surface area contributed by atoms with Gasteiger partial charge in [-0.05, 0) is 25.0 Å². The van der Waals surface area contributed by atoms with Crippen molar-refractivity contribution in [2.45, 2.75) is 31.3 Å². The minimum atomic E-state index is -0.248. The number of nitrogens with one attached hydrogen (secondary N) is 1.